The molecule has 0 spiro atoms. The predicted molar refractivity (Wildman–Crippen MR) is 65.8 cm³/mol. The minimum absolute atomic E-state index is 0. The van der Waals surface area contributed by atoms with Crippen LogP contribution < -0.4 is 40.0 Å². The molecule has 0 aliphatic rings. The molecule has 0 aliphatic carbocycles. The summed E-state index contributed by atoms with van der Waals surface area (Å²) in [5, 5.41) is 23.1. The van der Waals surface area contributed by atoms with Crippen LogP contribution in [0.1, 0.15) is 10.5 Å². The summed E-state index contributed by atoms with van der Waals surface area (Å²) >= 11 is 5.80. The number of aromatic hydroxyl groups is 1. The van der Waals surface area contributed by atoms with E-state index in [9.17, 15) is 19.8 Å². The summed E-state index contributed by atoms with van der Waals surface area (Å²) in [5.41, 5.74) is 0.153. The zero-order valence-corrected chi connectivity index (χ0v) is 13.3. The molecule has 2 rings (SSSR count). The van der Waals surface area contributed by atoms with Crippen molar-refractivity contribution in [3.63, 3.8) is 0 Å². The Labute approximate surface area is 141 Å². The maximum atomic E-state index is 11.6. The number of aromatic nitrogens is 1. The molecule has 0 atom stereocenters. The molecule has 0 unspecified atom stereocenters. The molecule has 0 fully saturated rings. The van der Waals surface area contributed by atoms with E-state index in [4.69, 9.17) is 11.6 Å². The van der Waals surface area contributed by atoms with Crippen LogP contribution in [0.4, 0.5) is 0 Å². The fourth-order valence-electron chi connectivity index (χ4n) is 1.53. The fourth-order valence-corrected chi connectivity index (χ4v) is 1.70. The average molecular weight is 303 g/mol. The van der Waals surface area contributed by atoms with E-state index in [0.29, 0.717) is 15.9 Å². The van der Waals surface area contributed by atoms with Crippen molar-refractivity contribution in [2.75, 3.05) is 6.54 Å². The summed E-state index contributed by atoms with van der Waals surface area (Å²) in [6, 6.07) is 6.16. The van der Waals surface area contributed by atoms with Crippen molar-refractivity contribution in [3.8, 4) is 5.75 Å². The van der Waals surface area contributed by atoms with Gasteiger partial charge in [0.25, 0.3) is 5.91 Å². The smallest absolute Gasteiger partial charge is 0.548 e. The third-order valence-electron chi connectivity index (χ3n) is 2.37. The van der Waals surface area contributed by atoms with Crippen molar-refractivity contribution in [3.05, 3.63) is 35.0 Å². The SMILES string of the molecule is O=C([O-])CNC(=O)c1nc2cc(Cl)ccc2cc1O.[Na+]. The van der Waals surface area contributed by atoms with Crippen LogP contribution in [0.25, 0.3) is 10.9 Å². The number of hydrogen-bond donors (Lipinski definition) is 2. The van der Waals surface area contributed by atoms with Crippen molar-refractivity contribution in [2.45, 2.75) is 0 Å². The number of hydrogen-bond acceptors (Lipinski definition) is 5. The van der Waals surface area contributed by atoms with Gasteiger partial charge < -0.3 is 20.3 Å². The van der Waals surface area contributed by atoms with Gasteiger partial charge >= 0.3 is 29.6 Å². The second-order valence-electron chi connectivity index (χ2n) is 3.75. The van der Waals surface area contributed by atoms with Crippen molar-refractivity contribution in [2.24, 2.45) is 0 Å². The van der Waals surface area contributed by atoms with Gasteiger partial charge in [-0.1, -0.05) is 17.7 Å². The van der Waals surface area contributed by atoms with Gasteiger partial charge in [0.15, 0.2) is 5.69 Å². The Morgan fingerprint density at radius 2 is 2.05 bits per heavy atom. The van der Waals surface area contributed by atoms with Crippen LogP contribution in [-0.4, -0.2) is 28.5 Å². The number of rotatable bonds is 3. The quantitative estimate of drug-likeness (QED) is 0.591. The number of carboxylic acids is 1. The van der Waals surface area contributed by atoms with E-state index in [1.54, 1.807) is 12.1 Å². The largest absolute Gasteiger partial charge is 1.00 e. The van der Waals surface area contributed by atoms with E-state index >= 15 is 0 Å². The van der Waals surface area contributed by atoms with E-state index in [1.165, 1.54) is 12.1 Å². The topological polar surface area (TPSA) is 102 Å². The molecule has 1 amide bonds. The molecule has 1 aromatic carbocycles. The minimum atomic E-state index is -1.43. The van der Waals surface area contributed by atoms with Gasteiger partial charge in [0.2, 0.25) is 0 Å². The Morgan fingerprint density at radius 1 is 1.35 bits per heavy atom. The molecule has 2 N–H and O–H groups in total. The van der Waals surface area contributed by atoms with Crippen LogP contribution in [0.15, 0.2) is 24.3 Å². The van der Waals surface area contributed by atoms with Crippen molar-refractivity contribution < 1.29 is 49.4 Å². The molecule has 98 valence electrons. The second-order valence-corrected chi connectivity index (χ2v) is 4.18. The zero-order valence-electron chi connectivity index (χ0n) is 10.5. The molecule has 0 radical (unpaired) electrons. The maximum Gasteiger partial charge on any atom is 1.00 e. The zero-order chi connectivity index (χ0) is 14.0. The molecule has 20 heavy (non-hydrogen) atoms. The molecule has 8 heteroatoms. The Hall–Kier alpha value is -1.34. The first-order valence-corrected chi connectivity index (χ1v) is 5.62. The van der Waals surface area contributed by atoms with Gasteiger partial charge in [-0.2, -0.15) is 0 Å². The predicted octanol–water partition coefficient (Wildman–Crippen LogP) is -2.92. The molecule has 6 nitrogen and oxygen atoms in total. The van der Waals surface area contributed by atoms with E-state index in [2.05, 4.69) is 10.3 Å². The van der Waals surface area contributed by atoms with Crippen LogP contribution in [0, 0.1) is 0 Å². The molecule has 1 heterocycles. The van der Waals surface area contributed by atoms with Gasteiger partial charge in [0.05, 0.1) is 18.0 Å². The van der Waals surface area contributed by atoms with Crippen molar-refractivity contribution in [1.29, 1.82) is 0 Å². The Balaban J connectivity index is 0.00000200. The van der Waals surface area contributed by atoms with Crippen LogP contribution in [-0.2, 0) is 4.79 Å². The van der Waals surface area contributed by atoms with Gasteiger partial charge in [-0.15, -0.1) is 0 Å². The fraction of sp³-hybridized carbons (Fsp3) is 0.0833. The summed E-state index contributed by atoms with van der Waals surface area (Å²) in [7, 11) is 0. The van der Waals surface area contributed by atoms with Crippen LogP contribution in [0.3, 0.4) is 0 Å². The number of pyridine rings is 1. The van der Waals surface area contributed by atoms with E-state index in [0.717, 1.165) is 0 Å². The Kier molecular flexibility index (Phi) is 5.76. The monoisotopic (exact) mass is 302 g/mol. The molecule has 0 bridgehead atoms. The first-order chi connectivity index (χ1) is 8.97. The molecule has 0 aliphatic heterocycles. The number of aliphatic carboxylic acids is 1. The molecule has 0 saturated carbocycles. The first-order valence-electron chi connectivity index (χ1n) is 5.24. The number of carbonyl (C=O) groups excluding carboxylic acids is 2. The van der Waals surface area contributed by atoms with Gasteiger partial charge in [0, 0.05) is 10.4 Å². The molecule has 1 aromatic heterocycles. The normalized spacial score (nSPS) is 9.85. The third-order valence-corrected chi connectivity index (χ3v) is 2.60. The first kappa shape index (κ1) is 16.7. The summed E-state index contributed by atoms with van der Waals surface area (Å²) < 4.78 is 0. The number of nitrogens with zero attached hydrogens (tertiary/aromatic N) is 1. The average Bonchev–Trinajstić information content (AvgIpc) is 2.35. The van der Waals surface area contributed by atoms with Gasteiger partial charge in [-0.05, 0) is 18.2 Å². The summed E-state index contributed by atoms with van der Waals surface area (Å²) in [4.78, 5) is 25.8. The van der Waals surface area contributed by atoms with Gasteiger partial charge in [0.1, 0.15) is 5.75 Å². The summed E-state index contributed by atoms with van der Waals surface area (Å²) in [6.45, 7) is -0.659. The van der Waals surface area contributed by atoms with Crippen molar-refractivity contribution >= 4 is 34.4 Å². The number of carboxylic acid groups (broad SMARTS) is 1. The van der Waals surface area contributed by atoms with Crippen LogP contribution >= 0.6 is 11.6 Å². The number of nitrogens with one attached hydrogen (secondary N) is 1. The summed E-state index contributed by atoms with van der Waals surface area (Å²) in [5.74, 6) is -2.58. The standard InChI is InChI=1S/C12H9ClN2O4.Na/c13-7-2-1-6-3-9(16)11(15-8(6)4-7)12(19)14-5-10(17)18;/h1-4,16H,5H2,(H,14,19)(H,17,18);/q;+1/p-1. The molecular weight excluding hydrogens is 295 g/mol. The molecule has 0 saturated heterocycles. The second kappa shape index (κ2) is 6.90. The number of fused-ring (bicyclic) bond motifs is 1. The number of carbonyl (C=O) groups is 2. The maximum absolute atomic E-state index is 11.6. The Morgan fingerprint density at radius 3 is 2.70 bits per heavy atom. The minimum Gasteiger partial charge on any atom is -0.548 e. The van der Waals surface area contributed by atoms with E-state index < -0.39 is 18.4 Å². The number of amides is 1. The third kappa shape index (κ3) is 3.83. The van der Waals surface area contributed by atoms with Crippen LogP contribution in [0.2, 0.25) is 5.02 Å². The Bertz CT molecular complexity index is 678. The van der Waals surface area contributed by atoms with Crippen molar-refractivity contribution in [1.82, 2.24) is 10.3 Å². The van der Waals surface area contributed by atoms with E-state index in [-0.39, 0.29) is 41.0 Å². The number of benzene rings is 1. The molecular formula is C12H8ClN2NaO4. The van der Waals surface area contributed by atoms with Gasteiger partial charge in [-0.3, -0.25) is 4.79 Å². The van der Waals surface area contributed by atoms with E-state index in [1.807, 2.05) is 0 Å². The molecule has 2 aromatic rings. The number of halogens is 1. The summed E-state index contributed by atoms with van der Waals surface area (Å²) in [6.07, 6.45) is 0. The van der Waals surface area contributed by atoms with Crippen LogP contribution in [0.5, 0.6) is 5.75 Å². The van der Waals surface area contributed by atoms with Gasteiger partial charge in [-0.25, -0.2) is 4.98 Å².